The Morgan fingerprint density at radius 2 is 0.676 bits per heavy atom. The molecule has 0 aliphatic heterocycles. The average molecular weight is 494 g/mol. The summed E-state index contributed by atoms with van der Waals surface area (Å²) in [5.74, 6) is -4.59. The summed E-state index contributed by atoms with van der Waals surface area (Å²) in [6, 6.07) is 0. The molecule has 4 rings (SSSR count). The Balaban J connectivity index is 0.00000324. The molecule has 0 radical (unpaired) electrons. The van der Waals surface area contributed by atoms with Gasteiger partial charge in [0, 0.05) is 48.0 Å². The molecule has 0 aromatic rings. The monoisotopic (exact) mass is 494 g/mol. The second-order valence-electron chi connectivity index (χ2n) is 9.17. The van der Waals surface area contributed by atoms with E-state index in [1.54, 1.807) is 0 Å². The van der Waals surface area contributed by atoms with E-state index >= 15 is 17.6 Å². The molecule has 0 aromatic carbocycles. The van der Waals surface area contributed by atoms with E-state index in [0.717, 1.165) is 48.6 Å². The molecule has 0 saturated carbocycles. The minimum Gasteiger partial charge on any atom is -0.281 e. The molecule has 0 bridgehead atoms. The summed E-state index contributed by atoms with van der Waals surface area (Å²) in [6.45, 7) is 0. The van der Waals surface area contributed by atoms with Gasteiger partial charge >= 0.3 is 29.6 Å². The van der Waals surface area contributed by atoms with Gasteiger partial charge in [0.2, 0.25) is 0 Å². The first-order chi connectivity index (χ1) is 15.4. The van der Waals surface area contributed by atoms with Gasteiger partial charge in [0.1, 0.15) is 0 Å². The van der Waals surface area contributed by atoms with E-state index < -0.39 is 77.4 Å². The summed E-state index contributed by atoms with van der Waals surface area (Å²) in [7, 11) is 0. The Kier molecular flexibility index (Phi) is 7.26. The Hall–Kier alpha value is -1.58. The van der Waals surface area contributed by atoms with E-state index in [1.807, 2.05) is 0 Å². The van der Waals surface area contributed by atoms with Gasteiger partial charge < -0.3 is 0 Å². The summed E-state index contributed by atoms with van der Waals surface area (Å²) in [5.41, 5.74) is -13.8. The molecule has 34 heavy (non-hydrogen) atoms. The van der Waals surface area contributed by atoms with Gasteiger partial charge in [0.25, 0.3) is 0 Å². The first-order valence-corrected chi connectivity index (χ1v) is 10.5. The van der Waals surface area contributed by atoms with Crippen molar-refractivity contribution >= 4 is 6.15 Å². The number of hydrogen-bond acceptors (Lipinski definition) is 0. The van der Waals surface area contributed by atoms with E-state index in [2.05, 4.69) is 0 Å². The molecule has 0 saturated heterocycles. The average Bonchev–Trinajstić information content (AvgIpc) is 2.66. The number of halogens is 8. The van der Waals surface area contributed by atoms with Crippen LogP contribution in [-0.4, -0.2) is 28.4 Å². The second kappa shape index (κ2) is 9.14. The van der Waals surface area contributed by atoms with Crippen molar-refractivity contribution in [2.45, 2.75) is 48.0 Å². The van der Waals surface area contributed by atoms with E-state index in [4.69, 9.17) is 0 Å². The van der Waals surface area contributed by atoms with Crippen molar-refractivity contribution in [3.05, 3.63) is 96.2 Å². The van der Waals surface area contributed by atoms with Crippen LogP contribution in [-0.2, 0) is 0 Å². The first-order valence-electron chi connectivity index (χ1n) is 10.5. The third-order valence-corrected chi connectivity index (χ3v) is 7.24. The molecular formula is C24H20BF8Na. The zero-order chi connectivity index (χ0) is 24.1. The predicted octanol–water partition coefficient (Wildman–Crippen LogP) is 4.68. The van der Waals surface area contributed by atoms with Crippen molar-refractivity contribution in [2.24, 2.45) is 0 Å². The molecular weight excluding hydrogens is 474 g/mol. The van der Waals surface area contributed by atoms with Gasteiger partial charge in [0.05, 0.1) is 23.3 Å². The van der Waals surface area contributed by atoms with Crippen molar-refractivity contribution < 1.29 is 64.7 Å². The summed E-state index contributed by atoms with van der Waals surface area (Å²) >= 11 is 0. The summed E-state index contributed by atoms with van der Waals surface area (Å²) in [6.07, 6.45) is -0.745. The fourth-order valence-corrected chi connectivity index (χ4v) is 6.34. The van der Waals surface area contributed by atoms with Crippen LogP contribution in [0.2, 0.25) is 0 Å². The Morgan fingerprint density at radius 3 is 0.853 bits per heavy atom. The van der Waals surface area contributed by atoms with Crippen molar-refractivity contribution in [2.75, 3.05) is 0 Å². The van der Waals surface area contributed by atoms with Crippen molar-refractivity contribution in [1.82, 2.24) is 0 Å². The van der Waals surface area contributed by atoms with Gasteiger partial charge in [-0.25, -0.2) is 17.6 Å². The standard InChI is InChI=1S/C24H20BF8.Na/c26-17-5-1-9-21(30,13-17)25(22(31)10-2-6-18(27)14-22,23(32)11-3-7-19(28)15-23)24(33)12-4-8-20(29)16-24;/h1-12H,13-16H2;/q-1;+1. The molecule has 10 heteroatoms. The smallest absolute Gasteiger partial charge is 0.281 e. The summed E-state index contributed by atoms with van der Waals surface area (Å²) in [5, 5.41) is 0. The summed E-state index contributed by atoms with van der Waals surface area (Å²) < 4.78 is 126. The summed E-state index contributed by atoms with van der Waals surface area (Å²) in [4.78, 5) is 0. The molecule has 0 spiro atoms. The number of hydrogen-bond donors (Lipinski definition) is 0. The van der Waals surface area contributed by atoms with Crippen molar-refractivity contribution in [1.29, 1.82) is 0 Å². The molecule has 4 unspecified atom stereocenters. The third-order valence-electron chi connectivity index (χ3n) is 7.24. The van der Waals surface area contributed by atoms with Crippen LogP contribution in [0.5, 0.6) is 0 Å². The minimum atomic E-state index is -4.72. The molecule has 4 atom stereocenters. The van der Waals surface area contributed by atoms with Crippen LogP contribution in [0.25, 0.3) is 0 Å². The number of allylic oxidation sites excluding steroid dienone is 16. The van der Waals surface area contributed by atoms with Crippen LogP contribution in [0.4, 0.5) is 35.1 Å². The van der Waals surface area contributed by atoms with Gasteiger partial charge in [-0.15, -0.1) is 0 Å². The molecule has 4 aliphatic rings. The van der Waals surface area contributed by atoms with Crippen molar-refractivity contribution in [3.63, 3.8) is 0 Å². The molecule has 0 fully saturated rings. The SMILES string of the molecule is FC1=CC=CC(F)([B-](C2(F)C=CC=C(F)C2)(C2(F)C=CC=C(F)C2)C2(F)C=CC=C(F)C2)C1.[Na+]. The van der Waals surface area contributed by atoms with Gasteiger partial charge in [-0.05, 0) is 24.3 Å². The quantitative estimate of drug-likeness (QED) is 0.394. The van der Waals surface area contributed by atoms with Gasteiger partial charge in [0.15, 0.2) is 6.15 Å². The van der Waals surface area contributed by atoms with Gasteiger partial charge in [-0.2, -0.15) is 0 Å². The number of rotatable bonds is 4. The zero-order valence-electron chi connectivity index (χ0n) is 18.4. The Labute approximate surface area is 214 Å². The van der Waals surface area contributed by atoms with E-state index in [9.17, 15) is 17.6 Å². The predicted molar refractivity (Wildman–Crippen MR) is 113 cm³/mol. The fraction of sp³-hybridized carbons (Fsp3) is 0.333. The van der Waals surface area contributed by atoms with Gasteiger partial charge in [-0.1, -0.05) is 48.6 Å². The molecule has 0 aromatic heterocycles. The third kappa shape index (κ3) is 3.88. The van der Waals surface area contributed by atoms with E-state index in [0.29, 0.717) is 24.3 Å². The minimum absolute atomic E-state index is 0. The van der Waals surface area contributed by atoms with Crippen LogP contribution >= 0.6 is 0 Å². The molecule has 4 aliphatic carbocycles. The van der Waals surface area contributed by atoms with Crippen LogP contribution in [0.3, 0.4) is 0 Å². The number of alkyl halides is 4. The maximum Gasteiger partial charge on any atom is 1.00 e. The van der Waals surface area contributed by atoms with E-state index in [-0.39, 0.29) is 29.6 Å². The van der Waals surface area contributed by atoms with Crippen LogP contribution < -0.4 is 29.6 Å². The molecule has 0 heterocycles. The topological polar surface area (TPSA) is 0 Å². The normalized spacial score (nSPS) is 38.8. The van der Waals surface area contributed by atoms with Crippen LogP contribution in [0, 0.1) is 0 Å². The Bertz CT molecular complexity index is 929. The Morgan fingerprint density at radius 1 is 0.471 bits per heavy atom. The zero-order valence-corrected chi connectivity index (χ0v) is 20.4. The fourth-order valence-electron chi connectivity index (χ4n) is 6.34. The maximum atomic E-state index is 17.0. The van der Waals surface area contributed by atoms with Gasteiger partial charge in [-0.3, -0.25) is 17.6 Å². The second-order valence-corrected chi connectivity index (χ2v) is 9.17. The molecule has 0 N–H and O–H groups in total. The molecule has 0 nitrogen and oxygen atoms in total. The van der Waals surface area contributed by atoms with Crippen LogP contribution in [0.15, 0.2) is 96.2 Å². The molecule has 176 valence electrons. The van der Waals surface area contributed by atoms with Crippen LogP contribution in [0.1, 0.15) is 25.7 Å². The van der Waals surface area contributed by atoms with E-state index in [1.165, 1.54) is 0 Å². The maximum absolute atomic E-state index is 17.0. The molecule has 0 amide bonds. The first kappa shape index (κ1) is 27.0. The van der Waals surface area contributed by atoms with Crippen molar-refractivity contribution in [3.8, 4) is 0 Å². The largest absolute Gasteiger partial charge is 1.00 e.